The lowest BCUT2D eigenvalue weighted by molar-refractivity contribution is 0.359. The maximum absolute atomic E-state index is 6.63. The van der Waals surface area contributed by atoms with Crippen LogP contribution in [0.5, 0.6) is 23.0 Å². The quantitative estimate of drug-likeness (QED) is 0.128. The number of hydrogen-bond acceptors (Lipinski definition) is 4. The van der Waals surface area contributed by atoms with Crippen molar-refractivity contribution in [3.63, 3.8) is 0 Å². The Hall–Kier alpha value is -9.38. The number of rotatable bonds is 10. The fourth-order valence-electron chi connectivity index (χ4n) is 11.0. The van der Waals surface area contributed by atoms with Crippen molar-refractivity contribution in [3.05, 3.63) is 295 Å². The zero-order chi connectivity index (χ0) is 48.0. The molecule has 0 saturated heterocycles. The molecule has 0 N–H and O–H groups in total. The van der Waals surface area contributed by atoms with E-state index < -0.39 is 5.41 Å². The topological polar surface area (TPSA) is 24.9 Å². The van der Waals surface area contributed by atoms with Gasteiger partial charge in [-0.2, -0.15) is 0 Å². The van der Waals surface area contributed by atoms with Crippen LogP contribution in [0.3, 0.4) is 0 Å². The first-order valence-electron chi connectivity index (χ1n) is 24.6. The Kier molecular flexibility index (Phi) is 10.6. The van der Waals surface area contributed by atoms with Crippen LogP contribution in [0.25, 0.3) is 39.0 Å². The van der Waals surface area contributed by atoms with Gasteiger partial charge in [0, 0.05) is 34.1 Å². The van der Waals surface area contributed by atoms with E-state index in [0.717, 1.165) is 50.8 Å². The van der Waals surface area contributed by atoms with Gasteiger partial charge in [0.1, 0.15) is 0 Å². The van der Waals surface area contributed by atoms with E-state index in [1.165, 1.54) is 44.5 Å². The summed E-state index contributed by atoms with van der Waals surface area (Å²) in [6.07, 6.45) is 11.0. The van der Waals surface area contributed by atoms with Gasteiger partial charge in [-0.15, -0.1) is 0 Å². The molecule has 2 aliphatic carbocycles. The molecule has 1 atom stereocenters. The third-order valence-corrected chi connectivity index (χ3v) is 14.2. The van der Waals surface area contributed by atoms with Gasteiger partial charge in [0.15, 0.2) is 23.0 Å². The molecule has 3 aliphatic rings. The van der Waals surface area contributed by atoms with Gasteiger partial charge in [0.05, 0.1) is 5.41 Å². The number of hydrogen-bond donors (Lipinski definition) is 0. The predicted molar refractivity (Wildman–Crippen MR) is 297 cm³/mol. The highest BCUT2D eigenvalue weighted by Crippen LogP contribution is 2.63. The maximum Gasteiger partial charge on any atom is 0.170 e. The van der Waals surface area contributed by atoms with Gasteiger partial charge in [-0.25, -0.2) is 0 Å². The van der Waals surface area contributed by atoms with E-state index in [1.807, 2.05) is 31.2 Å². The van der Waals surface area contributed by atoms with E-state index in [9.17, 15) is 0 Å². The average Bonchev–Trinajstić information content (AvgIpc) is 3.92. The smallest absolute Gasteiger partial charge is 0.170 e. The van der Waals surface area contributed by atoms with Crippen LogP contribution in [0.4, 0.5) is 34.1 Å². The zero-order valence-corrected chi connectivity index (χ0v) is 39.7. The van der Waals surface area contributed by atoms with Crippen molar-refractivity contribution in [1.82, 2.24) is 0 Å². The van der Waals surface area contributed by atoms with E-state index in [2.05, 4.69) is 259 Å². The van der Waals surface area contributed by atoms with Crippen LogP contribution in [-0.4, -0.2) is 0 Å². The Bertz CT molecular complexity index is 3690. The SMILES string of the molecule is C/C=C\C=C/C1=CC2(c3ccccc31)c1cc3c(cc1-c1c(-c4ccc(N(c5ccc(-c6ccccc6)cc5)c5ccc(N(c6ccccc6)c6ccccc6)cc5)cc4)cccc12)Oc1ccccc1O3. The van der Waals surface area contributed by atoms with Gasteiger partial charge in [0.25, 0.3) is 0 Å². The summed E-state index contributed by atoms with van der Waals surface area (Å²) in [6, 6.07) is 86.5. The van der Waals surface area contributed by atoms with E-state index in [0.29, 0.717) is 23.0 Å². The second-order valence-electron chi connectivity index (χ2n) is 18.4. The molecule has 10 aromatic carbocycles. The maximum atomic E-state index is 6.63. The molecule has 4 nitrogen and oxygen atoms in total. The molecule has 1 unspecified atom stereocenters. The largest absolute Gasteiger partial charge is 0.450 e. The molecule has 0 fully saturated rings. The highest BCUT2D eigenvalue weighted by atomic mass is 16.6. The van der Waals surface area contributed by atoms with Gasteiger partial charge in [-0.1, -0.05) is 176 Å². The summed E-state index contributed by atoms with van der Waals surface area (Å²) >= 11 is 0. The minimum atomic E-state index is -0.562. The Morgan fingerprint density at radius 3 is 1.40 bits per heavy atom. The molecule has 1 aliphatic heterocycles. The summed E-state index contributed by atoms with van der Waals surface area (Å²) in [5.74, 6) is 2.85. The van der Waals surface area contributed by atoms with Crippen molar-refractivity contribution >= 4 is 39.7 Å². The monoisotopic (exact) mass is 924 g/mol. The number of anilines is 6. The molecule has 1 spiro atoms. The average molecular weight is 925 g/mol. The predicted octanol–water partition coefficient (Wildman–Crippen LogP) is 18.7. The number of ether oxygens (including phenoxy) is 2. The van der Waals surface area contributed by atoms with Crippen LogP contribution < -0.4 is 19.3 Å². The van der Waals surface area contributed by atoms with E-state index in [-0.39, 0.29) is 0 Å². The second-order valence-corrected chi connectivity index (χ2v) is 18.4. The third kappa shape index (κ3) is 7.23. The summed E-state index contributed by atoms with van der Waals surface area (Å²) in [6.45, 7) is 2.05. The first kappa shape index (κ1) is 42.7. The van der Waals surface area contributed by atoms with Crippen LogP contribution in [0, 0.1) is 0 Å². The number of allylic oxidation sites excluding steroid dienone is 6. The molecule has 72 heavy (non-hydrogen) atoms. The molecule has 0 radical (unpaired) electrons. The Morgan fingerprint density at radius 1 is 0.347 bits per heavy atom. The Balaban J connectivity index is 0.938. The lowest BCUT2D eigenvalue weighted by Gasteiger charge is -2.29. The Labute approximate surface area is 421 Å². The van der Waals surface area contributed by atoms with Crippen LogP contribution in [-0.2, 0) is 5.41 Å². The van der Waals surface area contributed by atoms with E-state index in [4.69, 9.17) is 9.47 Å². The zero-order valence-electron chi connectivity index (χ0n) is 39.7. The fraction of sp³-hybridized carbons (Fsp3) is 0.0294. The first-order valence-corrected chi connectivity index (χ1v) is 24.6. The molecule has 0 bridgehead atoms. The summed E-state index contributed by atoms with van der Waals surface area (Å²) < 4.78 is 13.3. The van der Waals surface area contributed by atoms with Gasteiger partial charge in [-0.05, 0) is 165 Å². The lowest BCUT2D eigenvalue weighted by Crippen LogP contribution is -2.22. The lowest BCUT2D eigenvalue weighted by atomic mass is 9.74. The van der Waals surface area contributed by atoms with Crippen molar-refractivity contribution in [2.75, 3.05) is 9.80 Å². The molecule has 0 aromatic heterocycles. The fourth-order valence-corrected chi connectivity index (χ4v) is 11.0. The van der Waals surface area contributed by atoms with Gasteiger partial charge in [-0.3, -0.25) is 0 Å². The molecule has 13 rings (SSSR count). The molecular weight excluding hydrogens is 877 g/mol. The van der Waals surface area contributed by atoms with Gasteiger partial charge < -0.3 is 19.3 Å². The van der Waals surface area contributed by atoms with Crippen LogP contribution >= 0.6 is 0 Å². The normalized spacial score (nSPS) is 14.7. The van der Waals surface area contributed by atoms with Crippen molar-refractivity contribution in [3.8, 4) is 56.4 Å². The van der Waals surface area contributed by atoms with Crippen LogP contribution in [0.2, 0.25) is 0 Å². The highest BCUT2D eigenvalue weighted by Gasteiger charge is 2.49. The van der Waals surface area contributed by atoms with Crippen molar-refractivity contribution in [2.45, 2.75) is 12.3 Å². The summed E-state index contributed by atoms with van der Waals surface area (Å²) in [5.41, 5.74) is 18.9. The first-order chi connectivity index (χ1) is 35.6. The molecule has 1 heterocycles. The third-order valence-electron chi connectivity index (χ3n) is 14.2. The minimum absolute atomic E-state index is 0.562. The van der Waals surface area contributed by atoms with Crippen LogP contribution in [0.15, 0.2) is 273 Å². The standard InChI is InChI=1S/C68H48N2O2/c1-2-3-7-21-50-46-68(60-28-15-14-26-57(50)60)61-29-18-27-58(67(61)59-44-65-66(45-62(59)68)72-64-31-17-16-30-63(64)71-65)49-34-38-54(39-35-49)70(53-36-32-48(33-37-53)47-19-8-4-9-20-47)56-42-40-55(41-43-56)69(51-22-10-5-11-23-51)52-24-12-6-13-25-52/h2-46H,1H3/b3-2-,21-7-. The molecule has 0 saturated carbocycles. The number of benzene rings is 10. The van der Waals surface area contributed by atoms with E-state index >= 15 is 0 Å². The summed E-state index contributed by atoms with van der Waals surface area (Å²) in [5, 5.41) is 0. The summed E-state index contributed by atoms with van der Waals surface area (Å²) in [7, 11) is 0. The number of nitrogens with zero attached hydrogens (tertiary/aromatic N) is 2. The minimum Gasteiger partial charge on any atom is -0.450 e. The Morgan fingerprint density at radius 2 is 0.806 bits per heavy atom. The van der Waals surface area contributed by atoms with E-state index in [1.54, 1.807) is 0 Å². The molecule has 0 amide bonds. The van der Waals surface area contributed by atoms with Crippen LogP contribution in [0.1, 0.15) is 29.2 Å². The van der Waals surface area contributed by atoms with Gasteiger partial charge >= 0.3 is 0 Å². The molecule has 10 aromatic rings. The molecular formula is C68H48N2O2. The highest BCUT2D eigenvalue weighted by molar-refractivity contribution is 6.00. The van der Waals surface area contributed by atoms with Gasteiger partial charge in [0.2, 0.25) is 0 Å². The van der Waals surface area contributed by atoms with Crippen molar-refractivity contribution < 1.29 is 9.47 Å². The summed E-state index contributed by atoms with van der Waals surface area (Å²) in [4.78, 5) is 4.65. The second kappa shape index (κ2) is 17.9. The van der Waals surface area contributed by atoms with Crippen molar-refractivity contribution in [2.24, 2.45) is 0 Å². The van der Waals surface area contributed by atoms with Crippen molar-refractivity contribution in [1.29, 1.82) is 0 Å². The number of para-hydroxylation sites is 4. The molecule has 4 heteroatoms. The number of fused-ring (bicyclic) bond motifs is 9. The molecule has 342 valence electrons.